The number of carbonyl (C=O) groups excluding carboxylic acids is 2. The molecule has 1 saturated heterocycles. The van der Waals surface area contributed by atoms with Crippen molar-refractivity contribution in [2.24, 2.45) is 0 Å². The third-order valence-corrected chi connectivity index (χ3v) is 6.06. The minimum atomic E-state index is -0.239. The van der Waals surface area contributed by atoms with Gasteiger partial charge in [0, 0.05) is 31.7 Å². The molecule has 1 aliphatic heterocycles. The zero-order valence-electron chi connectivity index (χ0n) is 18.9. The molecule has 0 aliphatic carbocycles. The van der Waals surface area contributed by atoms with E-state index in [1.807, 2.05) is 37.8 Å². The minimum absolute atomic E-state index is 0.0276. The molecule has 2 unspecified atom stereocenters. The second-order valence-corrected chi connectivity index (χ2v) is 8.58. The number of aryl methyl sites for hydroxylation is 2. The Morgan fingerprint density at radius 1 is 1.03 bits per heavy atom. The molecule has 2 aromatic carbocycles. The van der Waals surface area contributed by atoms with Crippen LogP contribution in [-0.2, 0) is 11.3 Å². The monoisotopic (exact) mass is 426 g/mol. The summed E-state index contributed by atoms with van der Waals surface area (Å²) in [4.78, 5) is 29.0. The summed E-state index contributed by atoms with van der Waals surface area (Å²) >= 11 is 0. The molecule has 0 saturated carbocycles. The second kappa shape index (κ2) is 9.60. The van der Waals surface area contributed by atoms with Gasteiger partial charge >= 0.3 is 0 Å². The van der Waals surface area contributed by atoms with Gasteiger partial charge in [0.1, 0.15) is 11.6 Å². The van der Waals surface area contributed by atoms with E-state index in [1.165, 1.54) is 19.1 Å². The smallest absolute Gasteiger partial charge is 0.260 e. The predicted octanol–water partition coefficient (Wildman–Crippen LogP) is 4.15. The van der Waals surface area contributed by atoms with Crippen LogP contribution in [0.3, 0.4) is 0 Å². The van der Waals surface area contributed by atoms with Crippen LogP contribution in [0.4, 0.5) is 4.39 Å². The average Bonchev–Trinajstić information content (AvgIpc) is 2.72. The molecular weight excluding hydrogens is 395 g/mol. The molecule has 0 aromatic heterocycles. The van der Waals surface area contributed by atoms with Crippen molar-refractivity contribution < 1.29 is 18.7 Å². The number of piperazine rings is 1. The topological polar surface area (TPSA) is 49.9 Å². The summed E-state index contributed by atoms with van der Waals surface area (Å²) in [6.45, 7) is 11.5. The van der Waals surface area contributed by atoms with E-state index in [1.54, 1.807) is 12.1 Å². The van der Waals surface area contributed by atoms with Crippen LogP contribution in [0.1, 0.15) is 47.8 Å². The van der Waals surface area contributed by atoms with E-state index in [-0.39, 0.29) is 36.2 Å². The van der Waals surface area contributed by atoms with Gasteiger partial charge in [-0.2, -0.15) is 0 Å². The Bertz CT molecular complexity index is 958. The lowest BCUT2D eigenvalue weighted by Crippen LogP contribution is -2.58. The summed E-state index contributed by atoms with van der Waals surface area (Å²) in [5.41, 5.74) is 3.59. The first-order valence-corrected chi connectivity index (χ1v) is 10.7. The quantitative estimate of drug-likeness (QED) is 0.652. The van der Waals surface area contributed by atoms with E-state index in [9.17, 15) is 14.0 Å². The molecule has 0 bridgehead atoms. The summed E-state index contributed by atoms with van der Waals surface area (Å²) in [7, 11) is 0. The number of hydrogen-bond donors (Lipinski definition) is 0. The van der Waals surface area contributed by atoms with Crippen LogP contribution in [0, 0.1) is 19.7 Å². The van der Waals surface area contributed by atoms with Gasteiger partial charge in [0.25, 0.3) is 5.91 Å². The predicted molar refractivity (Wildman–Crippen MR) is 119 cm³/mol. The SMILES string of the molecule is CC(=O)c1cc(C)c(C)cc1OCC(=O)N1CC(C)N(Cc2ccc(F)cc2)CC1C. The molecule has 0 radical (unpaired) electrons. The molecule has 5 nitrogen and oxygen atoms in total. The Balaban J connectivity index is 1.62. The molecule has 3 rings (SSSR count). The number of ketones is 1. The number of amides is 1. The van der Waals surface area contributed by atoms with Crippen molar-refractivity contribution in [3.05, 3.63) is 64.5 Å². The van der Waals surface area contributed by atoms with Gasteiger partial charge in [-0.15, -0.1) is 0 Å². The highest BCUT2D eigenvalue weighted by Crippen LogP contribution is 2.25. The Kier molecular flexibility index (Phi) is 7.11. The van der Waals surface area contributed by atoms with Crippen molar-refractivity contribution in [2.45, 2.75) is 53.2 Å². The molecule has 1 fully saturated rings. The van der Waals surface area contributed by atoms with E-state index in [0.29, 0.717) is 17.9 Å². The third kappa shape index (κ3) is 5.50. The number of halogens is 1. The first-order valence-electron chi connectivity index (χ1n) is 10.7. The van der Waals surface area contributed by atoms with Gasteiger partial charge in [-0.1, -0.05) is 12.1 Å². The molecule has 0 spiro atoms. The van der Waals surface area contributed by atoms with Gasteiger partial charge in [0.15, 0.2) is 12.4 Å². The highest BCUT2D eigenvalue weighted by atomic mass is 19.1. The van der Waals surface area contributed by atoms with E-state index in [4.69, 9.17) is 4.74 Å². The number of ether oxygens (including phenoxy) is 1. The average molecular weight is 427 g/mol. The van der Waals surface area contributed by atoms with Crippen LogP contribution in [0.15, 0.2) is 36.4 Å². The largest absolute Gasteiger partial charge is 0.483 e. The zero-order chi connectivity index (χ0) is 22.7. The minimum Gasteiger partial charge on any atom is -0.483 e. The van der Waals surface area contributed by atoms with Gasteiger partial charge < -0.3 is 9.64 Å². The lowest BCUT2D eigenvalue weighted by Gasteiger charge is -2.44. The molecule has 166 valence electrons. The molecule has 6 heteroatoms. The molecule has 0 N–H and O–H groups in total. The normalized spacial score (nSPS) is 19.4. The van der Waals surface area contributed by atoms with E-state index in [2.05, 4.69) is 11.8 Å². The van der Waals surface area contributed by atoms with Crippen LogP contribution >= 0.6 is 0 Å². The summed E-state index contributed by atoms with van der Waals surface area (Å²) in [6, 6.07) is 10.4. The standard InChI is InChI=1S/C25H31FN2O3/c1-16-10-23(20(5)29)24(11-17(16)2)31-15-25(30)28-13-18(3)27(12-19(28)4)14-21-6-8-22(26)9-7-21/h6-11,18-19H,12-15H2,1-5H3. The maximum absolute atomic E-state index is 13.2. The first-order chi connectivity index (χ1) is 14.7. The van der Waals surface area contributed by atoms with E-state index in [0.717, 1.165) is 29.8 Å². The maximum atomic E-state index is 13.2. The fourth-order valence-corrected chi connectivity index (χ4v) is 4.00. The highest BCUT2D eigenvalue weighted by Gasteiger charge is 2.32. The Morgan fingerprint density at radius 3 is 2.32 bits per heavy atom. The fourth-order valence-electron chi connectivity index (χ4n) is 4.00. The lowest BCUT2D eigenvalue weighted by atomic mass is 10.0. The van der Waals surface area contributed by atoms with Crippen molar-refractivity contribution in [1.29, 1.82) is 0 Å². The lowest BCUT2D eigenvalue weighted by molar-refractivity contribution is -0.139. The third-order valence-electron chi connectivity index (χ3n) is 6.06. The van der Waals surface area contributed by atoms with Crippen molar-refractivity contribution in [3.63, 3.8) is 0 Å². The second-order valence-electron chi connectivity index (χ2n) is 8.58. The summed E-state index contributed by atoms with van der Waals surface area (Å²) in [6.07, 6.45) is 0. The van der Waals surface area contributed by atoms with Crippen LogP contribution in [0.5, 0.6) is 5.75 Å². The Hall–Kier alpha value is -2.73. The maximum Gasteiger partial charge on any atom is 0.260 e. The number of benzene rings is 2. The summed E-state index contributed by atoms with van der Waals surface area (Å²) < 4.78 is 19.0. The van der Waals surface area contributed by atoms with Crippen molar-refractivity contribution in [1.82, 2.24) is 9.80 Å². The Labute approximate surface area is 183 Å². The zero-order valence-corrected chi connectivity index (χ0v) is 18.9. The van der Waals surface area contributed by atoms with Crippen molar-refractivity contribution in [2.75, 3.05) is 19.7 Å². The summed E-state index contributed by atoms with van der Waals surface area (Å²) in [5, 5.41) is 0. The van der Waals surface area contributed by atoms with Crippen molar-refractivity contribution in [3.8, 4) is 5.75 Å². The van der Waals surface area contributed by atoms with Crippen molar-refractivity contribution >= 4 is 11.7 Å². The number of Topliss-reactive ketones (excluding diaryl/α,β-unsaturated/α-hetero) is 1. The number of rotatable bonds is 6. The van der Waals surface area contributed by atoms with Crippen LogP contribution < -0.4 is 4.74 Å². The summed E-state index contributed by atoms with van der Waals surface area (Å²) in [5.74, 6) is 0.0485. The number of carbonyl (C=O) groups is 2. The van der Waals surface area contributed by atoms with Crippen LogP contribution in [0.25, 0.3) is 0 Å². The van der Waals surface area contributed by atoms with E-state index >= 15 is 0 Å². The van der Waals surface area contributed by atoms with Gasteiger partial charge in [-0.25, -0.2) is 4.39 Å². The molecule has 2 atom stereocenters. The molecule has 31 heavy (non-hydrogen) atoms. The van der Waals surface area contributed by atoms with Gasteiger partial charge in [-0.3, -0.25) is 14.5 Å². The van der Waals surface area contributed by atoms with E-state index < -0.39 is 0 Å². The molecule has 1 aliphatic rings. The van der Waals surface area contributed by atoms with Gasteiger partial charge in [0.05, 0.1) is 5.56 Å². The van der Waals surface area contributed by atoms with Gasteiger partial charge in [0.2, 0.25) is 0 Å². The molecule has 1 amide bonds. The highest BCUT2D eigenvalue weighted by molar-refractivity contribution is 5.97. The molecular formula is C25H31FN2O3. The van der Waals surface area contributed by atoms with Crippen LogP contribution in [-0.4, -0.2) is 53.3 Å². The Morgan fingerprint density at radius 2 is 1.68 bits per heavy atom. The number of hydrogen-bond acceptors (Lipinski definition) is 4. The first kappa shape index (κ1) is 22.9. The molecule has 1 heterocycles. The fraction of sp³-hybridized carbons (Fsp3) is 0.440. The van der Waals surface area contributed by atoms with Gasteiger partial charge in [-0.05, 0) is 75.6 Å². The van der Waals surface area contributed by atoms with Crippen LogP contribution in [0.2, 0.25) is 0 Å². The molecule has 2 aromatic rings. The number of nitrogens with zero attached hydrogens (tertiary/aromatic N) is 2.